The smallest absolute Gasteiger partial charge is 0.308 e. The van der Waals surface area contributed by atoms with E-state index in [1.807, 2.05) is 0 Å². The molecular formula is C7H13NO3. The highest BCUT2D eigenvalue weighted by molar-refractivity contribution is 5.69. The van der Waals surface area contributed by atoms with Crippen LogP contribution in [0.4, 0.5) is 0 Å². The Morgan fingerprint density at radius 2 is 2.64 bits per heavy atom. The lowest BCUT2D eigenvalue weighted by atomic mass is 10.2. The molecule has 1 aliphatic heterocycles. The maximum Gasteiger partial charge on any atom is 0.308 e. The van der Waals surface area contributed by atoms with Gasteiger partial charge >= 0.3 is 5.97 Å². The molecule has 1 aliphatic rings. The molecule has 0 bridgehead atoms. The van der Waals surface area contributed by atoms with Gasteiger partial charge in [-0.15, -0.1) is 0 Å². The summed E-state index contributed by atoms with van der Waals surface area (Å²) in [4.78, 5) is 10.8. The molecule has 64 valence electrons. The summed E-state index contributed by atoms with van der Waals surface area (Å²) >= 11 is 0. The van der Waals surface area contributed by atoms with Gasteiger partial charge in [-0.1, -0.05) is 0 Å². The Morgan fingerprint density at radius 3 is 3.18 bits per heavy atom. The second-order valence-electron chi connectivity index (χ2n) is 2.48. The number of hydrogen-bond acceptors (Lipinski definition) is 4. The van der Waals surface area contributed by atoms with Gasteiger partial charge < -0.3 is 14.8 Å². The Balaban J connectivity index is 2.19. The molecule has 11 heavy (non-hydrogen) atoms. The molecule has 4 nitrogen and oxygen atoms in total. The first-order valence-electron chi connectivity index (χ1n) is 3.72. The van der Waals surface area contributed by atoms with Gasteiger partial charge in [-0.05, 0) is 0 Å². The number of methoxy groups -OCH3 is 1. The van der Waals surface area contributed by atoms with E-state index in [0.717, 1.165) is 13.1 Å². The molecule has 0 unspecified atom stereocenters. The van der Waals surface area contributed by atoms with E-state index in [1.54, 1.807) is 0 Å². The van der Waals surface area contributed by atoms with Gasteiger partial charge in [0, 0.05) is 13.1 Å². The van der Waals surface area contributed by atoms with Crippen molar-refractivity contribution in [1.82, 2.24) is 5.32 Å². The van der Waals surface area contributed by atoms with Crippen molar-refractivity contribution in [3.05, 3.63) is 0 Å². The third-order valence-corrected chi connectivity index (χ3v) is 1.63. The quantitative estimate of drug-likeness (QED) is 0.554. The summed E-state index contributed by atoms with van der Waals surface area (Å²) in [7, 11) is 1.39. The lowest BCUT2D eigenvalue weighted by Crippen LogP contribution is -2.39. The zero-order chi connectivity index (χ0) is 8.10. The molecule has 0 radical (unpaired) electrons. The number of rotatable bonds is 2. The van der Waals surface area contributed by atoms with Crippen molar-refractivity contribution in [1.29, 1.82) is 0 Å². The molecule has 1 saturated heterocycles. The average Bonchev–Trinajstić information content (AvgIpc) is 2.06. The van der Waals surface area contributed by atoms with Gasteiger partial charge in [0.15, 0.2) is 0 Å². The summed E-state index contributed by atoms with van der Waals surface area (Å²) in [5, 5.41) is 3.13. The Bertz CT molecular complexity index is 132. The fourth-order valence-electron chi connectivity index (χ4n) is 1.02. The van der Waals surface area contributed by atoms with Crippen LogP contribution >= 0.6 is 0 Å². The molecule has 0 saturated carbocycles. The summed E-state index contributed by atoms with van der Waals surface area (Å²) in [6.07, 6.45) is 0.347. The van der Waals surface area contributed by atoms with Crippen LogP contribution < -0.4 is 5.32 Å². The van der Waals surface area contributed by atoms with Gasteiger partial charge in [-0.3, -0.25) is 4.79 Å². The highest BCUT2D eigenvalue weighted by Gasteiger charge is 2.16. The number of morpholine rings is 1. The fraction of sp³-hybridized carbons (Fsp3) is 0.857. The first-order chi connectivity index (χ1) is 5.33. The number of nitrogens with one attached hydrogen (secondary N) is 1. The fourth-order valence-corrected chi connectivity index (χ4v) is 1.02. The Kier molecular flexibility index (Phi) is 3.32. The monoisotopic (exact) mass is 159 g/mol. The molecule has 0 aromatic carbocycles. The minimum Gasteiger partial charge on any atom is -0.469 e. The average molecular weight is 159 g/mol. The van der Waals surface area contributed by atoms with Gasteiger partial charge in [-0.2, -0.15) is 0 Å². The maximum atomic E-state index is 10.8. The van der Waals surface area contributed by atoms with Gasteiger partial charge in [0.1, 0.15) is 0 Å². The first kappa shape index (κ1) is 8.49. The van der Waals surface area contributed by atoms with E-state index < -0.39 is 0 Å². The molecule has 0 aromatic heterocycles. The summed E-state index contributed by atoms with van der Waals surface area (Å²) in [6, 6.07) is 0. The normalized spacial score (nSPS) is 24.6. The lowest BCUT2D eigenvalue weighted by Gasteiger charge is -2.22. The number of carbonyl (C=O) groups excluding carboxylic acids is 1. The van der Waals surface area contributed by atoms with Crippen molar-refractivity contribution in [2.45, 2.75) is 12.5 Å². The number of hydrogen-bond donors (Lipinski definition) is 1. The molecular weight excluding hydrogens is 146 g/mol. The van der Waals surface area contributed by atoms with Crippen molar-refractivity contribution in [3.8, 4) is 0 Å². The summed E-state index contributed by atoms with van der Waals surface area (Å²) < 4.78 is 9.79. The molecule has 1 N–H and O–H groups in total. The molecule has 0 aliphatic carbocycles. The molecule has 0 amide bonds. The van der Waals surface area contributed by atoms with Crippen LogP contribution in [0.3, 0.4) is 0 Å². The highest BCUT2D eigenvalue weighted by Crippen LogP contribution is 2.01. The predicted octanol–water partition coefficient (Wildman–Crippen LogP) is -0.462. The topological polar surface area (TPSA) is 47.6 Å². The third kappa shape index (κ3) is 2.86. The molecule has 0 aromatic rings. The molecule has 1 fully saturated rings. The third-order valence-electron chi connectivity index (χ3n) is 1.63. The molecule has 4 heteroatoms. The van der Waals surface area contributed by atoms with E-state index in [1.165, 1.54) is 7.11 Å². The predicted molar refractivity (Wildman–Crippen MR) is 39.2 cm³/mol. The summed E-state index contributed by atoms with van der Waals surface area (Å²) in [5.41, 5.74) is 0. The van der Waals surface area contributed by atoms with Gasteiger partial charge in [-0.25, -0.2) is 0 Å². The van der Waals surface area contributed by atoms with Crippen LogP contribution in [-0.4, -0.2) is 38.9 Å². The zero-order valence-electron chi connectivity index (χ0n) is 6.63. The SMILES string of the molecule is COC(=O)C[C@@H]1CNCCO1. The Labute approximate surface area is 65.9 Å². The van der Waals surface area contributed by atoms with Crippen molar-refractivity contribution in [3.63, 3.8) is 0 Å². The zero-order valence-corrected chi connectivity index (χ0v) is 6.63. The maximum absolute atomic E-state index is 10.8. The van der Waals surface area contributed by atoms with Gasteiger partial charge in [0.05, 0.1) is 26.2 Å². The highest BCUT2D eigenvalue weighted by atomic mass is 16.5. The van der Waals surface area contributed by atoms with Crippen molar-refractivity contribution in [2.24, 2.45) is 0 Å². The summed E-state index contributed by atoms with van der Waals surface area (Å²) in [5.74, 6) is -0.210. The van der Waals surface area contributed by atoms with Gasteiger partial charge in [0.25, 0.3) is 0 Å². The first-order valence-corrected chi connectivity index (χ1v) is 3.72. The number of ether oxygens (including phenoxy) is 2. The number of carbonyl (C=O) groups is 1. The van der Waals surface area contributed by atoms with Crippen LogP contribution in [0.1, 0.15) is 6.42 Å². The van der Waals surface area contributed by atoms with E-state index in [0.29, 0.717) is 13.0 Å². The lowest BCUT2D eigenvalue weighted by molar-refractivity contribution is -0.144. The number of esters is 1. The van der Waals surface area contributed by atoms with E-state index in [-0.39, 0.29) is 12.1 Å². The molecule has 1 heterocycles. The van der Waals surface area contributed by atoms with Crippen molar-refractivity contribution < 1.29 is 14.3 Å². The Hall–Kier alpha value is -0.610. The van der Waals surface area contributed by atoms with Crippen LogP contribution in [0.25, 0.3) is 0 Å². The standard InChI is InChI=1S/C7H13NO3/c1-10-7(9)4-6-5-8-2-3-11-6/h6,8H,2-5H2,1H3/t6-/m1/s1. The van der Waals surface area contributed by atoms with Crippen LogP contribution in [0.15, 0.2) is 0 Å². The van der Waals surface area contributed by atoms with Gasteiger partial charge in [0.2, 0.25) is 0 Å². The largest absolute Gasteiger partial charge is 0.469 e. The second kappa shape index (κ2) is 4.31. The van der Waals surface area contributed by atoms with Crippen LogP contribution in [0, 0.1) is 0 Å². The van der Waals surface area contributed by atoms with E-state index in [4.69, 9.17) is 4.74 Å². The van der Waals surface area contributed by atoms with Crippen molar-refractivity contribution >= 4 is 5.97 Å². The minimum atomic E-state index is -0.210. The van der Waals surface area contributed by atoms with E-state index >= 15 is 0 Å². The van der Waals surface area contributed by atoms with Crippen LogP contribution in [0.2, 0.25) is 0 Å². The molecule has 0 spiro atoms. The van der Waals surface area contributed by atoms with Crippen LogP contribution in [-0.2, 0) is 14.3 Å². The molecule has 1 atom stereocenters. The van der Waals surface area contributed by atoms with Crippen molar-refractivity contribution in [2.75, 3.05) is 26.8 Å². The molecule has 1 rings (SSSR count). The minimum absolute atomic E-state index is 0.00352. The summed E-state index contributed by atoms with van der Waals surface area (Å²) in [6.45, 7) is 2.30. The van der Waals surface area contributed by atoms with E-state index in [9.17, 15) is 4.79 Å². The van der Waals surface area contributed by atoms with Crippen LogP contribution in [0.5, 0.6) is 0 Å². The Morgan fingerprint density at radius 1 is 1.82 bits per heavy atom. The second-order valence-corrected chi connectivity index (χ2v) is 2.48. The van der Waals surface area contributed by atoms with E-state index in [2.05, 4.69) is 10.1 Å².